The fourth-order valence-electron chi connectivity index (χ4n) is 2.86. The van der Waals surface area contributed by atoms with Crippen molar-refractivity contribution in [2.45, 2.75) is 0 Å². The maximum absolute atomic E-state index is 12.6. The van der Waals surface area contributed by atoms with Gasteiger partial charge in [-0.15, -0.1) is 0 Å². The number of nitro groups is 1. The number of furan rings is 1. The third kappa shape index (κ3) is 3.61. The van der Waals surface area contributed by atoms with Crippen molar-refractivity contribution in [3.05, 3.63) is 87.3 Å². The van der Waals surface area contributed by atoms with Crippen LogP contribution in [0.5, 0.6) is 0 Å². The number of imide groups is 1. The van der Waals surface area contributed by atoms with Crippen LogP contribution in [0.2, 0.25) is 5.02 Å². The van der Waals surface area contributed by atoms with E-state index in [0.29, 0.717) is 27.8 Å². The number of nitrogens with zero attached hydrogens (tertiary/aromatic N) is 2. The molecule has 3 amide bonds. The first-order valence-electron chi connectivity index (χ1n) is 8.40. The Labute approximate surface area is 169 Å². The number of carbonyl (C=O) groups is 2. The molecule has 9 heteroatoms. The number of halogens is 1. The van der Waals surface area contributed by atoms with Crippen LogP contribution < -0.4 is 10.2 Å². The smallest absolute Gasteiger partial charge is 0.333 e. The van der Waals surface area contributed by atoms with Gasteiger partial charge in [-0.3, -0.25) is 14.9 Å². The lowest BCUT2D eigenvalue weighted by Crippen LogP contribution is -2.30. The number of carbonyl (C=O) groups excluding carboxylic acids is 2. The number of rotatable bonds is 4. The Hall–Kier alpha value is -3.91. The van der Waals surface area contributed by atoms with Crippen molar-refractivity contribution in [3.63, 3.8) is 0 Å². The molecule has 29 heavy (non-hydrogen) atoms. The number of nitrogens with one attached hydrogen (secondary N) is 1. The first-order chi connectivity index (χ1) is 13.9. The van der Waals surface area contributed by atoms with Gasteiger partial charge in [-0.1, -0.05) is 17.7 Å². The van der Waals surface area contributed by atoms with Crippen LogP contribution in [0.25, 0.3) is 17.4 Å². The van der Waals surface area contributed by atoms with E-state index < -0.39 is 16.9 Å². The summed E-state index contributed by atoms with van der Waals surface area (Å²) >= 11 is 5.94. The number of nitro benzene ring substituents is 1. The predicted molar refractivity (Wildman–Crippen MR) is 106 cm³/mol. The van der Waals surface area contributed by atoms with Gasteiger partial charge in [0.15, 0.2) is 0 Å². The van der Waals surface area contributed by atoms with E-state index in [9.17, 15) is 19.7 Å². The Bertz CT molecular complexity index is 1170. The molecule has 1 aliphatic rings. The van der Waals surface area contributed by atoms with Crippen molar-refractivity contribution in [2.24, 2.45) is 0 Å². The third-order valence-electron chi connectivity index (χ3n) is 4.22. The molecule has 0 aliphatic carbocycles. The Morgan fingerprint density at radius 3 is 2.52 bits per heavy atom. The average Bonchev–Trinajstić information content (AvgIpc) is 3.26. The molecule has 144 valence electrons. The quantitative estimate of drug-likeness (QED) is 0.293. The summed E-state index contributed by atoms with van der Waals surface area (Å²) < 4.78 is 5.69. The first kappa shape index (κ1) is 18.5. The van der Waals surface area contributed by atoms with Gasteiger partial charge >= 0.3 is 6.03 Å². The molecule has 0 bridgehead atoms. The van der Waals surface area contributed by atoms with Crippen LogP contribution in [0, 0.1) is 10.1 Å². The van der Waals surface area contributed by atoms with E-state index in [0.717, 1.165) is 4.90 Å². The third-order valence-corrected chi connectivity index (χ3v) is 4.46. The lowest BCUT2D eigenvalue weighted by molar-refractivity contribution is -0.384. The summed E-state index contributed by atoms with van der Waals surface area (Å²) in [5.74, 6) is 0.274. The van der Waals surface area contributed by atoms with Crippen LogP contribution in [0.1, 0.15) is 5.76 Å². The maximum Gasteiger partial charge on any atom is 0.333 e. The standard InChI is InChI=1S/C20H12ClN3O5/c21-13-2-1-3-15(10-13)23-19(25)17(22-20(23)26)11-16-8-9-18(29-16)12-4-6-14(7-5-12)24(27)28/h1-11H,(H,22,26)/b17-11-. The van der Waals surface area contributed by atoms with E-state index >= 15 is 0 Å². The predicted octanol–water partition coefficient (Wildman–Crippen LogP) is 4.61. The Balaban J connectivity index is 1.58. The largest absolute Gasteiger partial charge is 0.457 e. The van der Waals surface area contributed by atoms with E-state index in [1.165, 1.54) is 24.3 Å². The average molecular weight is 410 g/mol. The lowest BCUT2D eigenvalue weighted by atomic mass is 10.1. The second-order valence-electron chi connectivity index (χ2n) is 6.11. The highest BCUT2D eigenvalue weighted by Gasteiger charge is 2.35. The van der Waals surface area contributed by atoms with Crippen LogP contribution in [0.15, 0.2) is 70.8 Å². The van der Waals surface area contributed by atoms with Crippen molar-refractivity contribution in [2.75, 3.05) is 4.90 Å². The molecule has 8 nitrogen and oxygen atoms in total. The minimum Gasteiger partial charge on any atom is -0.457 e. The van der Waals surface area contributed by atoms with Gasteiger partial charge in [-0.25, -0.2) is 9.69 Å². The zero-order valence-corrected chi connectivity index (χ0v) is 15.4. The summed E-state index contributed by atoms with van der Waals surface area (Å²) in [6.07, 6.45) is 1.42. The van der Waals surface area contributed by atoms with Gasteiger partial charge in [-0.2, -0.15) is 0 Å². The zero-order chi connectivity index (χ0) is 20.5. The molecule has 1 N–H and O–H groups in total. The molecule has 1 aromatic heterocycles. The monoisotopic (exact) mass is 409 g/mol. The van der Waals surface area contributed by atoms with Gasteiger partial charge in [0.1, 0.15) is 17.2 Å². The van der Waals surface area contributed by atoms with Gasteiger partial charge < -0.3 is 9.73 Å². The van der Waals surface area contributed by atoms with Gasteiger partial charge in [0, 0.05) is 28.8 Å². The van der Waals surface area contributed by atoms with Gasteiger partial charge in [-0.05, 0) is 42.5 Å². The van der Waals surface area contributed by atoms with Crippen LogP contribution in [-0.2, 0) is 4.79 Å². The van der Waals surface area contributed by atoms with E-state index in [-0.39, 0.29) is 11.4 Å². The minimum absolute atomic E-state index is 0.0250. The van der Waals surface area contributed by atoms with E-state index in [2.05, 4.69) is 5.32 Å². The van der Waals surface area contributed by atoms with Gasteiger partial charge in [0.2, 0.25) is 0 Å². The summed E-state index contributed by atoms with van der Waals surface area (Å²) in [4.78, 5) is 36.1. The summed E-state index contributed by atoms with van der Waals surface area (Å²) in [6.45, 7) is 0. The summed E-state index contributed by atoms with van der Waals surface area (Å²) in [6, 6.07) is 15.0. The number of anilines is 1. The molecule has 3 aromatic rings. The van der Waals surface area contributed by atoms with Crippen LogP contribution in [-0.4, -0.2) is 16.9 Å². The minimum atomic E-state index is -0.592. The normalized spacial score (nSPS) is 15.1. The number of amides is 3. The molecule has 1 saturated heterocycles. The molecule has 1 fully saturated rings. The zero-order valence-electron chi connectivity index (χ0n) is 14.7. The van der Waals surface area contributed by atoms with Crippen LogP contribution in [0.3, 0.4) is 0 Å². The molecular weight excluding hydrogens is 398 g/mol. The van der Waals surface area contributed by atoms with Gasteiger partial charge in [0.25, 0.3) is 11.6 Å². The molecule has 2 aromatic carbocycles. The lowest BCUT2D eigenvalue weighted by Gasteiger charge is -2.11. The Morgan fingerprint density at radius 2 is 1.83 bits per heavy atom. The molecule has 4 rings (SSSR count). The van der Waals surface area contributed by atoms with Crippen molar-refractivity contribution in [1.29, 1.82) is 0 Å². The molecule has 2 heterocycles. The van der Waals surface area contributed by atoms with E-state index in [4.69, 9.17) is 16.0 Å². The molecule has 0 unspecified atom stereocenters. The summed E-state index contributed by atoms with van der Waals surface area (Å²) in [5, 5.41) is 13.7. The molecule has 0 spiro atoms. The van der Waals surface area contributed by atoms with Crippen molar-refractivity contribution < 1.29 is 18.9 Å². The number of hydrogen-bond acceptors (Lipinski definition) is 5. The first-order valence-corrected chi connectivity index (χ1v) is 8.77. The highest BCUT2D eigenvalue weighted by atomic mass is 35.5. The van der Waals surface area contributed by atoms with E-state index in [1.807, 2.05) is 0 Å². The molecule has 0 saturated carbocycles. The van der Waals surface area contributed by atoms with Crippen LogP contribution in [0.4, 0.5) is 16.2 Å². The van der Waals surface area contributed by atoms with Crippen molar-refractivity contribution >= 4 is 41.0 Å². The number of benzene rings is 2. The number of urea groups is 1. The maximum atomic E-state index is 12.6. The topological polar surface area (TPSA) is 106 Å². The molecule has 0 radical (unpaired) electrons. The van der Waals surface area contributed by atoms with Crippen LogP contribution >= 0.6 is 11.6 Å². The molecule has 0 atom stereocenters. The summed E-state index contributed by atoms with van der Waals surface area (Å²) in [5.41, 5.74) is 1.03. The highest BCUT2D eigenvalue weighted by molar-refractivity contribution is 6.32. The molecule has 1 aliphatic heterocycles. The van der Waals surface area contributed by atoms with Crippen molar-refractivity contribution in [3.8, 4) is 11.3 Å². The fraction of sp³-hybridized carbons (Fsp3) is 0. The van der Waals surface area contributed by atoms with E-state index in [1.54, 1.807) is 42.5 Å². The van der Waals surface area contributed by atoms with Crippen molar-refractivity contribution in [1.82, 2.24) is 5.32 Å². The highest BCUT2D eigenvalue weighted by Crippen LogP contribution is 2.28. The molecular formula is C20H12ClN3O5. The second kappa shape index (κ2) is 7.25. The summed E-state index contributed by atoms with van der Waals surface area (Å²) in [7, 11) is 0. The SMILES string of the molecule is O=C1N/C(=C\c2ccc(-c3ccc([N+](=O)[O-])cc3)o2)C(=O)N1c1cccc(Cl)c1. The fourth-order valence-corrected chi connectivity index (χ4v) is 3.04. The second-order valence-corrected chi connectivity index (χ2v) is 6.55. The Morgan fingerprint density at radius 1 is 1.07 bits per heavy atom. The number of hydrogen-bond donors (Lipinski definition) is 1. The number of non-ortho nitro benzene ring substituents is 1. The van der Waals surface area contributed by atoms with Gasteiger partial charge in [0.05, 0.1) is 10.6 Å². The Kier molecular flexibility index (Phi) is 4.61.